The van der Waals surface area contributed by atoms with Crippen molar-refractivity contribution in [3.05, 3.63) is 70.8 Å². The Morgan fingerprint density at radius 2 is 1.00 bits per heavy atom. The minimum absolute atomic E-state index is 0.298. The van der Waals surface area contributed by atoms with Crippen LogP contribution >= 0.6 is 0 Å². The first-order chi connectivity index (χ1) is 14.0. The smallest absolute Gasteiger partial charge is 0.338 e. The van der Waals surface area contributed by atoms with Crippen LogP contribution < -0.4 is 0 Å². The summed E-state index contributed by atoms with van der Waals surface area (Å²) >= 11 is 0. The van der Waals surface area contributed by atoms with Crippen molar-refractivity contribution in [2.45, 2.75) is 72.0 Å². The van der Waals surface area contributed by atoms with Gasteiger partial charge in [0.1, 0.15) is 12.2 Å². The fourth-order valence-electron chi connectivity index (χ4n) is 3.08. The number of aryl methyl sites for hydroxylation is 2. The molecule has 156 valence electrons. The molecule has 2 aromatic rings. The Bertz CT molecular complexity index is 710. The molecule has 0 aromatic heterocycles. The summed E-state index contributed by atoms with van der Waals surface area (Å²) in [5, 5.41) is 0. The van der Waals surface area contributed by atoms with Gasteiger partial charge in [-0.05, 0) is 61.1 Å². The number of benzene rings is 2. The van der Waals surface area contributed by atoms with Crippen LogP contribution in [0.2, 0.25) is 0 Å². The van der Waals surface area contributed by atoms with Crippen LogP contribution in [-0.2, 0) is 22.3 Å². The van der Waals surface area contributed by atoms with Gasteiger partial charge in [0.05, 0.1) is 11.1 Å². The van der Waals surface area contributed by atoms with Crippen molar-refractivity contribution in [2.24, 2.45) is 0 Å². The van der Waals surface area contributed by atoms with Crippen LogP contribution in [0.5, 0.6) is 0 Å². The van der Waals surface area contributed by atoms with Gasteiger partial charge < -0.3 is 9.47 Å². The molecule has 0 bridgehead atoms. The second-order valence-electron chi connectivity index (χ2n) is 7.21. The average molecular weight is 397 g/mol. The first-order valence-electron chi connectivity index (χ1n) is 10.6. The minimum atomic E-state index is -0.337. The van der Waals surface area contributed by atoms with E-state index in [-0.39, 0.29) is 24.1 Å². The molecule has 2 rings (SSSR count). The molecule has 4 heteroatoms. The van der Waals surface area contributed by atoms with Crippen LogP contribution in [0.4, 0.5) is 0 Å². The standard InChI is InChI=1S/C25H32O4/c1-5-18-9-13-20(14-10-18)24(26)28-22(7-3)17-23(8-4)29-25(27)21-15-11-19(6-2)12-16-21/h9-16,22-23H,5-8,17H2,1-4H3. The molecule has 0 aliphatic carbocycles. The molecule has 0 saturated carbocycles. The Kier molecular flexibility index (Phi) is 8.91. The molecule has 0 spiro atoms. The molecular weight excluding hydrogens is 364 g/mol. The number of esters is 2. The number of carbonyl (C=O) groups is 2. The van der Waals surface area contributed by atoms with Crippen LogP contribution in [0.25, 0.3) is 0 Å². The van der Waals surface area contributed by atoms with Crippen LogP contribution in [-0.4, -0.2) is 24.1 Å². The second kappa shape index (κ2) is 11.4. The quantitative estimate of drug-likeness (QED) is 0.478. The van der Waals surface area contributed by atoms with Crippen LogP contribution in [0.15, 0.2) is 48.5 Å². The van der Waals surface area contributed by atoms with E-state index in [9.17, 15) is 9.59 Å². The molecule has 0 aliphatic heterocycles. The minimum Gasteiger partial charge on any atom is -0.459 e. The van der Waals surface area contributed by atoms with Crippen molar-refractivity contribution >= 4 is 11.9 Å². The highest BCUT2D eigenvalue weighted by Gasteiger charge is 2.22. The molecular formula is C25H32O4. The third kappa shape index (κ3) is 6.74. The molecule has 0 saturated heterocycles. The highest BCUT2D eigenvalue weighted by molar-refractivity contribution is 5.90. The maximum atomic E-state index is 12.5. The summed E-state index contributed by atoms with van der Waals surface area (Å²) in [6, 6.07) is 15.0. The summed E-state index contributed by atoms with van der Waals surface area (Å²) in [5.41, 5.74) is 3.44. The van der Waals surface area contributed by atoms with Gasteiger partial charge in [-0.2, -0.15) is 0 Å². The zero-order valence-corrected chi connectivity index (χ0v) is 17.9. The van der Waals surface area contributed by atoms with E-state index in [0.29, 0.717) is 30.4 Å². The molecule has 0 radical (unpaired) electrons. The van der Waals surface area contributed by atoms with E-state index in [4.69, 9.17) is 9.47 Å². The number of rotatable bonds is 10. The normalized spacial score (nSPS) is 12.8. The molecule has 0 aliphatic rings. The van der Waals surface area contributed by atoms with Crippen molar-refractivity contribution in [3.8, 4) is 0 Å². The Morgan fingerprint density at radius 1 is 0.655 bits per heavy atom. The van der Waals surface area contributed by atoms with E-state index in [0.717, 1.165) is 12.8 Å². The summed E-state index contributed by atoms with van der Waals surface area (Å²) in [7, 11) is 0. The molecule has 0 N–H and O–H groups in total. The van der Waals surface area contributed by atoms with E-state index in [1.165, 1.54) is 11.1 Å². The highest BCUT2D eigenvalue weighted by atomic mass is 16.6. The van der Waals surface area contributed by atoms with Crippen molar-refractivity contribution in [2.75, 3.05) is 0 Å². The molecule has 0 amide bonds. The number of hydrogen-bond acceptors (Lipinski definition) is 4. The maximum Gasteiger partial charge on any atom is 0.338 e. The first kappa shape index (κ1) is 22.7. The van der Waals surface area contributed by atoms with Gasteiger partial charge in [0, 0.05) is 6.42 Å². The van der Waals surface area contributed by atoms with Crippen LogP contribution in [0.1, 0.15) is 78.8 Å². The highest BCUT2D eigenvalue weighted by Crippen LogP contribution is 2.17. The Labute approximate surface area is 174 Å². The molecule has 0 heterocycles. The predicted molar refractivity (Wildman–Crippen MR) is 115 cm³/mol. The Balaban J connectivity index is 1.95. The Hall–Kier alpha value is -2.62. The van der Waals surface area contributed by atoms with Gasteiger partial charge in [-0.25, -0.2) is 9.59 Å². The topological polar surface area (TPSA) is 52.6 Å². The van der Waals surface area contributed by atoms with Gasteiger partial charge in [0.2, 0.25) is 0 Å². The second-order valence-corrected chi connectivity index (χ2v) is 7.21. The predicted octanol–water partition coefficient (Wildman–Crippen LogP) is 5.77. The van der Waals surface area contributed by atoms with Gasteiger partial charge in [-0.15, -0.1) is 0 Å². The summed E-state index contributed by atoms with van der Waals surface area (Å²) in [6.45, 7) is 8.09. The number of carbonyl (C=O) groups excluding carboxylic acids is 2. The number of hydrogen-bond donors (Lipinski definition) is 0. The lowest BCUT2D eigenvalue weighted by atomic mass is 10.1. The van der Waals surface area contributed by atoms with Gasteiger partial charge in [-0.1, -0.05) is 52.0 Å². The fourth-order valence-corrected chi connectivity index (χ4v) is 3.08. The maximum absolute atomic E-state index is 12.5. The third-order valence-electron chi connectivity index (χ3n) is 5.18. The van der Waals surface area contributed by atoms with Crippen LogP contribution in [0, 0.1) is 0 Å². The van der Waals surface area contributed by atoms with Gasteiger partial charge in [0.15, 0.2) is 0 Å². The van der Waals surface area contributed by atoms with E-state index in [2.05, 4.69) is 13.8 Å². The van der Waals surface area contributed by atoms with E-state index in [1.807, 2.05) is 38.1 Å². The number of ether oxygens (including phenoxy) is 2. The molecule has 2 unspecified atom stereocenters. The van der Waals surface area contributed by atoms with Gasteiger partial charge in [-0.3, -0.25) is 0 Å². The zero-order chi connectivity index (χ0) is 21.2. The largest absolute Gasteiger partial charge is 0.459 e. The van der Waals surface area contributed by atoms with E-state index in [1.54, 1.807) is 24.3 Å². The van der Waals surface area contributed by atoms with E-state index >= 15 is 0 Å². The molecule has 0 fully saturated rings. The summed E-state index contributed by atoms with van der Waals surface area (Å²) in [4.78, 5) is 24.9. The van der Waals surface area contributed by atoms with Crippen molar-refractivity contribution in [3.63, 3.8) is 0 Å². The first-order valence-corrected chi connectivity index (χ1v) is 10.6. The lowest BCUT2D eigenvalue weighted by Gasteiger charge is -2.22. The SMILES string of the molecule is CCc1ccc(C(=O)OC(CC)CC(CC)OC(=O)c2ccc(CC)cc2)cc1. The monoisotopic (exact) mass is 396 g/mol. The lowest BCUT2D eigenvalue weighted by Crippen LogP contribution is -2.27. The molecule has 4 nitrogen and oxygen atoms in total. The molecule has 2 aromatic carbocycles. The summed E-state index contributed by atoms with van der Waals surface area (Å²) < 4.78 is 11.4. The average Bonchev–Trinajstić information content (AvgIpc) is 2.77. The Morgan fingerprint density at radius 3 is 1.28 bits per heavy atom. The van der Waals surface area contributed by atoms with E-state index < -0.39 is 0 Å². The van der Waals surface area contributed by atoms with Crippen molar-refractivity contribution in [1.82, 2.24) is 0 Å². The summed E-state index contributed by atoms with van der Waals surface area (Å²) in [5.74, 6) is -0.674. The van der Waals surface area contributed by atoms with Crippen LogP contribution in [0.3, 0.4) is 0 Å². The lowest BCUT2D eigenvalue weighted by molar-refractivity contribution is -0.00187. The van der Waals surface area contributed by atoms with Gasteiger partial charge >= 0.3 is 11.9 Å². The molecule has 29 heavy (non-hydrogen) atoms. The fraction of sp³-hybridized carbons (Fsp3) is 0.440. The van der Waals surface area contributed by atoms with Crippen molar-refractivity contribution in [1.29, 1.82) is 0 Å². The zero-order valence-electron chi connectivity index (χ0n) is 17.9. The third-order valence-corrected chi connectivity index (χ3v) is 5.18. The summed E-state index contributed by atoms with van der Waals surface area (Å²) in [6.07, 6.45) is 3.08. The molecule has 2 atom stereocenters. The van der Waals surface area contributed by atoms with Gasteiger partial charge in [0.25, 0.3) is 0 Å². The van der Waals surface area contributed by atoms with Crippen molar-refractivity contribution < 1.29 is 19.1 Å².